The number of benzene rings is 5. The molecule has 294 valence electrons. The van der Waals surface area contributed by atoms with Gasteiger partial charge in [-0.1, -0.05) is 108 Å². The molecule has 0 bridgehead atoms. The van der Waals surface area contributed by atoms with Crippen LogP contribution < -0.4 is 15.1 Å². The summed E-state index contributed by atoms with van der Waals surface area (Å²) in [5, 5.41) is 11.5. The Morgan fingerprint density at radius 2 is 1.47 bits per heavy atom. The fourth-order valence-electron chi connectivity index (χ4n) is 9.77. The van der Waals surface area contributed by atoms with Crippen LogP contribution in [-0.4, -0.2) is 46.6 Å². The van der Waals surface area contributed by atoms with Crippen LogP contribution in [-0.2, 0) is 24.6 Å². The number of ether oxygens (including phenoxy) is 1. The van der Waals surface area contributed by atoms with E-state index in [-0.39, 0.29) is 41.9 Å². The van der Waals surface area contributed by atoms with E-state index in [0.29, 0.717) is 33.6 Å². The number of phenolic OH excluding ortho intramolecular Hbond substituents is 1. The summed E-state index contributed by atoms with van der Waals surface area (Å²) in [7, 11) is 1.47. The highest BCUT2D eigenvalue weighted by Gasteiger charge is 2.69. The molecule has 0 radical (unpaired) electrons. The normalized spacial score (nSPS) is 24.8. The van der Waals surface area contributed by atoms with Gasteiger partial charge in [0.2, 0.25) is 11.8 Å². The predicted molar refractivity (Wildman–Crippen MR) is 222 cm³/mol. The lowest BCUT2D eigenvalue weighted by molar-refractivity contribution is -0.139. The average Bonchev–Trinajstić information content (AvgIpc) is 3.65. The number of anilines is 2. The SMILES string of the molecule is COc1cc(C=CC2C3=CCC4C(=O)N(c5ccc(C(=O)c6ccccc6)cc5)C(=O)C4C3CC3C(=O)N(Nc4ccc(C)cc4)C(=O)C23c2ccccc2)ccc1O. The van der Waals surface area contributed by atoms with Crippen LogP contribution in [0.25, 0.3) is 6.08 Å². The minimum Gasteiger partial charge on any atom is -0.504 e. The molecule has 10 nitrogen and oxygen atoms in total. The standard InChI is InChI=1S/C49H41N3O7/c1-29-13-19-34(20-14-29)50-52-46(56)40-28-38-36(39(25-15-30-16-26-41(53)42(27-30)59-2)49(40,48(52)58)33-11-7-4-8-12-33)23-24-37-43(38)47(57)51(45(37)55)35-21-17-32(18-22-35)44(54)31-9-5-3-6-10-31/h3-23,25-27,37-40,43,50,53H,24,28H2,1-2H3. The molecule has 5 aromatic carbocycles. The van der Waals surface area contributed by atoms with Crippen molar-refractivity contribution in [1.82, 2.24) is 5.01 Å². The third-order valence-corrected chi connectivity index (χ3v) is 12.6. The van der Waals surface area contributed by atoms with Crippen LogP contribution in [0.5, 0.6) is 11.5 Å². The van der Waals surface area contributed by atoms with Crippen molar-refractivity contribution >= 4 is 46.9 Å². The molecule has 2 aliphatic carbocycles. The summed E-state index contributed by atoms with van der Waals surface area (Å²) in [6, 6.07) is 37.1. The quantitative estimate of drug-likeness (QED) is 0.0885. The molecule has 2 aliphatic heterocycles. The van der Waals surface area contributed by atoms with Gasteiger partial charge < -0.3 is 9.84 Å². The number of phenols is 1. The molecule has 5 aromatic rings. The molecule has 0 spiro atoms. The van der Waals surface area contributed by atoms with Crippen molar-refractivity contribution < 1.29 is 33.8 Å². The average molecular weight is 784 g/mol. The number of carbonyl (C=O) groups is 5. The van der Waals surface area contributed by atoms with Gasteiger partial charge in [0.1, 0.15) is 0 Å². The summed E-state index contributed by atoms with van der Waals surface area (Å²) in [6.07, 6.45) is 6.20. The number of imide groups is 2. The van der Waals surface area contributed by atoms with Crippen LogP contribution in [0.3, 0.4) is 0 Å². The molecule has 4 aliphatic rings. The predicted octanol–water partition coefficient (Wildman–Crippen LogP) is 7.68. The Balaban J connectivity index is 1.14. The molecular formula is C49H41N3O7. The first-order chi connectivity index (χ1) is 28.6. The topological polar surface area (TPSA) is 133 Å². The maximum atomic E-state index is 15.3. The van der Waals surface area contributed by atoms with Gasteiger partial charge in [0.05, 0.1) is 41.7 Å². The number of hydrazine groups is 1. The molecule has 6 unspecified atom stereocenters. The zero-order valence-corrected chi connectivity index (χ0v) is 32.4. The molecule has 2 heterocycles. The minimum absolute atomic E-state index is 0.0231. The van der Waals surface area contributed by atoms with Gasteiger partial charge in [0, 0.05) is 17.0 Å². The maximum absolute atomic E-state index is 15.3. The molecule has 10 heteroatoms. The number of nitrogens with zero attached hydrogens (tertiary/aromatic N) is 2. The van der Waals surface area contributed by atoms with E-state index in [1.807, 2.05) is 85.8 Å². The molecule has 59 heavy (non-hydrogen) atoms. The Labute approximate surface area is 341 Å². The van der Waals surface area contributed by atoms with Gasteiger partial charge in [0.25, 0.3) is 11.8 Å². The van der Waals surface area contributed by atoms with Gasteiger partial charge >= 0.3 is 0 Å². The second kappa shape index (κ2) is 14.7. The number of rotatable bonds is 9. The van der Waals surface area contributed by atoms with Crippen LogP contribution in [0.15, 0.2) is 145 Å². The maximum Gasteiger partial charge on any atom is 0.260 e. The van der Waals surface area contributed by atoms with Crippen LogP contribution in [0.4, 0.5) is 11.4 Å². The molecule has 0 aromatic heterocycles. The first-order valence-corrected chi connectivity index (χ1v) is 19.7. The third-order valence-electron chi connectivity index (χ3n) is 12.6. The third kappa shape index (κ3) is 6.05. The molecular weight excluding hydrogens is 743 g/mol. The monoisotopic (exact) mass is 783 g/mol. The number of amides is 4. The summed E-state index contributed by atoms with van der Waals surface area (Å²) in [4.78, 5) is 73.6. The highest BCUT2D eigenvalue weighted by Crippen LogP contribution is 2.61. The summed E-state index contributed by atoms with van der Waals surface area (Å²) < 4.78 is 5.39. The fourth-order valence-corrected chi connectivity index (χ4v) is 9.77. The lowest BCUT2D eigenvalue weighted by Gasteiger charge is -2.49. The number of nitrogens with one attached hydrogen (secondary N) is 1. The Bertz CT molecular complexity index is 2570. The molecule has 1 saturated carbocycles. The van der Waals surface area contributed by atoms with Crippen molar-refractivity contribution in [3.05, 3.63) is 173 Å². The van der Waals surface area contributed by atoms with E-state index in [1.165, 1.54) is 18.1 Å². The van der Waals surface area contributed by atoms with E-state index in [9.17, 15) is 24.3 Å². The van der Waals surface area contributed by atoms with Gasteiger partial charge in [-0.2, -0.15) is 5.01 Å². The largest absolute Gasteiger partial charge is 0.504 e. The van der Waals surface area contributed by atoms with Crippen molar-refractivity contribution in [3.63, 3.8) is 0 Å². The number of hydrogen-bond donors (Lipinski definition) is 2. The van der Waals surface area contributed by atoms with Crippen LogP contribution in [0.2, 0.25) is 0 Å². The number of aryl methyl sites for hydroxylation is 1. The number of aromatic hydroxyl groups is 1. The number of carbonyl (C=O) groups excluding carboxylic acids is 5. The van der Waals surface area contributed by atoms with Crippen molar-refractivity contribution in [2.24, 2.45) is 29.6 Å². The van der Waals surface area contributed by atoms with Crippen LogP contribution >= 0.6 is 0 Å². The van der Waals surface area contributed by atoms with Gasteiger partial charge in [-0.3, -0.25) is 34.3 Å². The van der Waals surface area contributed by atoms with Crippen molar-refractivity contribution in [2.75, 3.05) is 17.4 Å². The van der Waals surface area contributed by atoms with Gasteiger partial charge in [-0.15, -0.1) is 0 Å². The Hall–Kier alpha value is -7.07. The number of fused-ring (bicyclic) bond motifs is 4. The lowest BCUT2D eigenvalue weighted by Crippen LogP contribution is -2.54. The van der Waals surface area contributed by atoms with Gasteiger partial charge in [-0.05, 0) is 85.3 Å². The summed E-state index contributed by atoms with van der Waals surface area (Å²) in [5.74, 6) is -5.08. The van der Waals surface area contributed by atoms with E-state index >= 15 is 4.79 Å². The van der Waals surface area contributed by atoms with E-state index < -0.39 is 46.8 Å². The highest BCUT2D eigenvalue weighted by atomic mass is 16.5. The van der Waals surface area contributed by atoms with Crippen LogP contribution in [0, 0.1) is 36.5 Å². The number of hydrogen-bond acceptors (Lipinski definition) is 8. The first-order valence-electron chi connectivity index (χ1n) is 19.7. The summed E-state index contributed by atoms with van der Waals surface area (Å²) in [6.45, 7) is 1.95. The summed E-state index contributed by atoms with van der Waals surface area (Å²) >= 11 is 0. The number of allylic oxidation sites excluding steroid dienone is 3. The Morgan fingerprint density at radius 3 is 2.17 bits per heavy atom. The molecule has 2 saturated heterocycles. The molecule has 3 fully saturated rings. The second-order valence-corrected chi connectivity index (χ2v) is 15.7. The van der Waals surface area contributed by atoms with E-state index in [0.717, 1.165) is 16.1 Å². The Morgan fingerprint density at radius 1 is 0.797 bits per heavy atom. The summed E-state index contributed by atoms with van der Waals surface area (Å²) in [5.41, 5.74) is 6.81. The highest BCUT2D eigenvalue weighted by molar-refractivity contribution is 6.23. The van der Waals surface area contributed by atoms with E-state index in [4.69, 9.17) is 4.74 Å². The van der Waals surface area contributed by atoms with Crippen LogP contribution in [0.1, 0.15) is 45.5 Å². The molecule has 4 amide bonds. The van der Waals surface area contributed by atoms with E-state index in [2.05, 4.69) is 5.43 Å². The first kappa shape index (κ1) is 37.5. The zero-order valence-electron chi connectivity index (χ0n) is 32.4. The molecule has 2 N–H and O–H groups in total. The lowest BCUT2D eigenvalue weighted by atomic mass is 9.50. The number of ketones is 1. The minimum atomic E-state index is -1.41. The smallest absolute Gasteiger partial charge is 0.260 e. The molecule has 6 atom stereocenters. The Kier molecular flexibility index (Phi) is 9.35. The number of methoxy groups -OCH3 is 1. The van der Waals surface area contributed by atoms with Crippen molar-refractivity contribution in [3.8, 4) is 11.5 Å². The zero-order chi connectivity index (χ0) is 41.0. The van der Waals surface area contributed by atoms with Gasteiger partial charge in [-0.25, -0.2) is 0 Å². The van der Waals surface area contributed by atoms with Crippen molar-refractivity contribution in [1.29, 1.82) is 0 Å². The fraction of sp³-hybridized carbons (Fsp3) is 0.204. The van der Waals surface area contributed by atoms with E-state index in [1.54, 1.807) is 60.7 Å². The van der Waals surface area contributed by atoms with Crippen molar-refractivity contribution in [2.45, 2.75) is 25.2 Å². The second-order valence-electron chi connectivity index (χ2n) is 15.7. The van der Waals surface area contributed by atoms with Gasteiger partial charge in [0.15, 0.2) is 17.3 Å². The molecule has 9 rings (SSSR count).